The minimum absolute atomic E-state index is 0.0269. The van der Waals surface area contributed by atoms with Gasteiger partial charge in [0.25, 0.3) is 0 Å². The zero-order valence-corrected chi connectivity index (χ0v) is 10.4. The summed E-state index contributed by atoms with van der Waals surface area (Å²) in [5, 5.41) is 11.4. The Hall–Kier alpha value is -0.610. The van der Waals surface area contributed by atoms with E-state index in [9.17, 15) is 0 Å². The number of nitrogens with one attached hydrogen (secondary N) is 1. The summed E-state index contributed by atoms with van der Waals surface area (Å²) >= 11 is 5.99. The average molecular weight is 231 g/mol. The van der Waals surface area contributed by atoms with Crippen LogP contribution in [0, 0.1) is 0 Å². The summed E-state index contributed by atoms with van der Waals surface area (Å²) in [6.45, 7) is 5.02. The number of aromatic nitrogens is 3. The van der Waals surface area contributed by atoms with Gasteiger partial charge in [-0.2, -0.15) is 0 Å². The summed E-state index contributed by atoms with van der Waals surface area (Å²) in [6, 6.07) is 0. The largest absolute Gasteiger partial charge is 0.304 e. The fourth-order valence-corrected chi connectivity index (χ4v) is 1.96. The van der Waals surface area contributed by atoms with Gasteiger partial charge in [-0.1, -0.05) is 19.1 Å². The third-order valence-corrected chi connectivity index (χ3v) is 3.42. The summed E-state index contributed by atoms with van der Waals surface area (Å²) in [4.78, 5) is 0. The van der Waals surface area contributed by atoms with E-state index >= 15 is 0 Å². The summed E-state index contributed by atoms with van der Waals surface area (Å²) in [7, 11) is 1.87. The Morgan fingerprint density at radius 3 is 2.53 bits per heavy atom. The molecular formula is C10H19ClN4. The van der Waals surface area contributed by atoms with Crippen molar-refractivity contribution in [2.24, 2.45) is 7.05 Å². The van der Waals surface area contributed by atoms with Gasteiger partial charge >= 0.3 is 0 Å². The van der Waals surface area contributed by atoms with Gasteiger partial charge in [-0.15, -0.1) is 16.7 Å². The molecule has 0 unspecified atom stereocenters. The SMILES string of the molecule is CCC(CC)(CCl)NCc1cn(C)nn1. The Labute approximate surface area is 96.0 Å². The molecule has 4 nitrogen and oxygen atoms in total. The molecule has 0 fully saturated rings. The molecule has 0 bridgehead atoms. The van der Waals surface area contributed by atoms with Crippen molar-refractivity contribution in [3.05, 3.63) is 11.9 Å². The van der Waals surface area contributed by atoms with Crippen LogP contribution in [0.1, 0.15) is 32.4 Å². The van der Waals surface area contributed by atoms with Crippen LogP contribution in [0.4, 0.5) is 0 Å². The number of alkyl halides is 1. The van der Waals surface area contributed by atoms with Gasteiger partial charge in [-0.3, -0.25) is 4.68 Å². The molecule has 0 aliphatic rings. The quantitative estimate of drug-likeness (QED) is 0.757. The molecule has 1 aromatic heterocycles. The van der Waals surface area contributed by atoms with Crippen LogP contribution in [-0.2, 0) is 13.6 Å². The third kappa shape index (κ3) is 3.18. The number of nitrogens with zero attached hydrogens (tertiary/aromatic N) is 3. The maximum absolute atomic E-state index is 5.99. The lowest BCUT2D eigenvalue weighted by atomic mass is 9.95. The number of rotatable bonds is 6. The van der Waals surface area contributed by atoms with E-state index in [1.54, 1.807) is 4.68 Å². The maximum Gasteiger partial charge on any atom is 0.0964 e. The van der Waals surface area contributed by atoms with Gasteiger partial charge in [0.15, 0.2) is 0 Å². The molecule has 0 amide bonds. The van der Waals surface area contributed by atoms with Crippen LogP contribution in [0.5, 0.6) is 0 Å². The lowest BCUT2D eigenvalue weighted by Gasteiger charge is -2.30. The molecule has 5 heteroatoms. The molecule has 15 heavy (non-hydrogen) atoms. The second-order valence-corrected chi connectivity index (χ2v) is 4.13. The van der Waals surface area contributed by atoms with Crippen molar-refractivity contribution in [3.63, 3.8) is 0 Å². The Kier molecular flexibility index (Phi) is 4.54. The molecule has 0 spiro atoms. The highest BCUT2D eigenvalue weighted by molar-refractivity contribution is 6.18. The standard InChI is InChI=1S/C10H19ClN4/c1-4-10(5-2,8-11)12-6-9-7-15(3)14-13-9/h7,12H,4-6,8H2,1-3H3. The van der Waals surface area contributed by atoms with Crippen LogP contribution in [0.25, 0.3) is 0 Å². The van der Waals surface area contributed by atoms with Crippen LogP contribution in [0.2, 0.25) is 0 Å². The Morgan fingerprint density at radius 1 is 1.47 bits per heavy atom. The Balaban J connectivity index is 2.54. The van der Waals surface area contributed by atoms with Crippen LogP contribution >= 0.6 is 11.6 Å². The van der Waals surface area contributed by atoms with Crippen molar-refractivity contribution in [2.45, 2.75) is 38.8 Å². The van der Waals surface area contributed by atoms with Gasteiger partial charge < -0.3 is 5.32 Å². The number of hydrogen-bond donors (Lipinski definition) is 1. The smallest absolute Gasteiger partial charge is 0.0964 e. The average Bonchev–Trinajstić information content (AvgIpc) is 2.67. The maximum atomic E-state index is 5.99. The fourth-order valence-electron chi connectivity index (χ4n) is 1.49. The van der Waals surface area contributed by atoms with Gasteiger partial charge in [-0.25, -0.2) is 0 Å². The molecule has 86 valence electrons. The van der Waals surface area contributed by atoms with E-state index in [2.05, 4.69) is 29.5 Å². The first-order valence-electron chi connectivity index (χ1n) is 5.32. The second kappa shape index (κ2) is 5.47. The molecule has 1 N–H and O–H groups in total. The predicted molar refractivity (Wildman–Crippen MR) is 61.9 cm³/mol. The second-order valence-electron chi connectivity index (χ2n) is 3.86. The van der Waals surface area contributed by atoms with Crippen molar-refractivity contribution in [2.75, 3.05) is 5.88 Å². The number of aryl methyl sites for hydroxylation is 1. The Morgan fingerprint density at radius 2 is 2.13 bits per heavy atom. The van der Waals surface area contributed by atoms with E-state index in [4.69, 9.17) is 11.6 Å². The van der Waals surface area contributed by atoms with Gasteiger partial charge in [0.05, 0.1) is 5.69 Å². The molecule has 0 saturated heterocycles. The van der Waals surface area contributed by atoms with Crippen molar-refractivity contribution in [3.8, 4) is 0 Å². The summed E-state index contributed by atoms with van der Waals surface area (Å²) < 4.78 is 1.71. The normalized spacial score (nSPS) is 12.0. The molecule has 1 aromatic rings. The van der Waals surface area contributed by atoms with E-state index in [1.807, 2.05) is 13.2 Å². The highest BCUT2D eigenvalue weighted by Crippen LogP contribution is 2.17. The zero-order valence-electron chi connectivity index (χ0n) is 9.63. The van der Waals surface area contributed by atoms with Crippen LogP contribution < -0.4 is 5.32 Å². The fraction of sp³-hybridized carbons (Fsp3) is 0.800. The topological polar surface area (TPSA) is 42.7 Å². The molecule has 1 rings (SSSR count). The van der Waals surface area contributed by atoms with E-state index in [0.717, 1.165) is 25.1 Å². The molecule has 0 aromatic carbocycles. The third-order valence-electron chi connectivity index (χ3n) is 2.90. The van der Waals surface area contributed by atoms with E-state index in [-0.39, 0.29) is 5.54 Å². The van der Waals surface area contributed by atoms with Crippen molar-refractivity contribution in [1.29, 1.82) is 0 Å². The highest BCUT2D eigenvalue weighted by atomic mass is 35.5. The van der Waals surface area contributed by atoms with E-state index < -0.39 is 0 Å². The first kappa shape index (κ1) is 12.5. The molecule has 1 heterocycles. The van der Waals surface area contributed by atoms with Crippen LogP contribution in [-0.4, -0.2) is 26.4 Å². The molecule has 0 atom stereocenters. The Bertz CT molecular complexity index is 285. The zero-order chi connectivity index (χ0) is 11.3. The minimum Gasteiger partial charge on any atom is -0.304 e. The first-order chi connectivity index (χ1) is 7.15. The molecular weight excluding hydrogens is 212 g/mol. The van der Waals surface area contributed by atoms with E-state index in [0.29, 0.717) is 5.88 Å². The summed E-state index contributed by atoms with van der Waals surface area (Å²) in [5.41, 5.74) is 0.980. The predicted octanol–water partition coefficient (Wildman–Crippen LogP) is 1.70. The minimum atomic E-state index is 0.0269. The van der Waals surface area contributed by atoms with E-state index in [1.165, 1.54) is 0 Å². The van der Waals surface area contributed by atoms with Gasteiger partial charge in [0.2, 0.25) is 0 Å². The molecule has 0 aliphatic heterocycles. The van der Waals surface area contributed by atoms with Gasteiger partial charge in [0, 0.05) is 31.2 Å². The highest BCUT2D eigenvalue weighted by Gasteiger charge is 2.24. The van der Waals surface area contributed by atoms with Crippen LogP contribution in [0.3, 0.4) is 0 Å². The van der Waals surface area contributed by atoms with Crippen molar-refractivity contribution in [1.82, 2.24) is 20.3 Å². The lowest BCUT2D eigenvalue weighted by molar-refractivity contribution is 0.332. The summed E-state index contributed by atoms with van der Waals surface area (Å²) in [6.07, 6.45) is 3.96. The van der Waals surface area contributed by atoms with Gasteiger partial charge in [0.1, 0.15) is 0 Å². The molecule has 0 saturated carbocycles. The molecule has 0 aliphatic carbocycles. The van der Waals surface area contributed by atoms with Crippen molar-refractivity contribution < 1.29 is 0 Å². The molecule has 0 radical (unpaired) electrons. The monoisotopic (exact) mass is 230 g/mol. The van der Waals surface area contributed by atoms with Gasteiger partial charge in [-0.05, 0) is 12.8 Å². The van der Waals surface area contributed by atoms with Crippen LogP contribution in [0.15, 0.2) is 6.20 Å². The lowest BCUT2D eigenvalue weighted by Crippen LogP contribution is -2.45. The van der Waals surface area contributed by atoms with Crippen molar-refractivity contribution >= 4 is 11.6 Å². The number of halogens is 1. The summed E-state index contributed by atoms with van der Waals surface area (Å²) in [5.74, 6) is 0.625. The first-order valence-corrected chi connectivity index (χ1v) is 5.85. The number of hydrogen-bond acceptors (Lipinski definition) is 3.